The predicted octanol–water partition coefficient (Wildman–Crippen LogP) is 3.45. The molecular formula is C17H18ClN3O2. The van der Waals surface area contributed by atoms with Gasteiger partial charge in [0.1, 0.15) is 0 Å². The number of nitrogens with zero attached hydrogens (tertiary/aromatic N) is 2. The topological polar surface area (TPSA) is 63.6 Å². The number of carbonyl (C=O) groups excluding carboxylic acids is 1. The average molecular weight is 332 g/mol. The van der Waals surface area contributed by atoms with Crippen LogP contribution in [0.15, 0.2) is 53.7 Å². The van der Waals surface area contributed by atoms with E-state index in [0.717, 1.165) is 5.69 Å². The van der Waals surface area contributed by atoms with Crippen molar-refractivity contribution >= 4 is 23.5 Å². The molecule has 0 atom stereocenters. The highest BCUT2D eigenvalue weighted by molar-refractivity contribution is 6.34. The number of carbonyl (C=O) groups is 1. The molecule has 2 rings (SSSR count). The second kappa shape index (κ2) is 8.29. The van der Waals surface area contributed by atoms with Crippen molar-refractivity contribution in [1.82, 2.24) is 10.3 Å². The molecule has 23 heavy (non-hydrogen) atoms. The second-order valence-electron chi connectivity index (χ2n) is 5.04. The molecule has 0 bridgehead atoms. The second-order valence-corrected chi connectivity index (χ2v) is 5.45. The van der Waals surface area contributed by atoms with E-state index in [1.165, 1.54) is 0 Å². The molecule has 0 saturated heterocycles. The first kappa shape index (κ1) is 17.0. The van der Waals surface area contributed by atoms with Crippen LogP contribution in [0.1, 0.15) is 29.9 Å². The quantitative estimate of drug-likeness (QED) is 0.689. The number of ether oxygens (including phenoxy) is 1. The van der Waals surface area contributed by atoms with Gasteiger partial charge in [-0.1, -0.05) is 29.8 Å². The molecule has 5 nitrogen and oxygen atoms in total. The molecule has 1 heterocycles. The van der Waals surface area contributed by atoms with Crippen LogP contribution >= 0.6 is 11.6 Å². The summed E-state index contributed by atoms with van der Waals surface area (Å²) in [6.07, 6.45) is 1.57. The Morgan fingerprint density at radius 1 is 1.26 bits per heavy atom. The van der Waals surface area contributed by atoms with E-state index in [1.54, 1.807) is 30.5 Å². The number of halogens is 1. The maximum atomic E-state index is 12.3. The maximum absolute atomic E-state index is 12.3. The molecule has 0 radical (unpaired) electrons. The number of hydrogen-bond acceptors (Lipinski definition) is 4. The Kier molecular flexibility index (Phi) is 6.11. The number of pyridine rings is 1. The van der Waals surface area contributed by atoms with Gasteiger partial charge in [0.2, 0.25) is 0 Å². The van der Waals surface area contributed by atoms with Crippen LogP contribution in [0.3, 0.4) is 0 Å². The summed E-state index contributed by atoms with van der Waals surface area (Å²) in [5.74, 6) is -0.365. The van der Waals surface area contributed by atoms with Crippen molar-refractivity contribution in [3.05, 3.63) is 64.9 Å². The summed E-state index contributed by atoms with van der Waals surface area (Å²) in [5.41, 5.74) is 1.15. The maximum Gasteiger partial charge on any atom is 0.292 e. The van der Waals surface area contributed by atoms with Crippen molar-refractivity contribution < 1.29 is 9.53 Å². The van der Waals surface area contributed by atoms with Crippen LogP contribution in [0, 0.1) is 0 Å². The summed E-state index contributed by atoms with van der Waals surface area (Å²) in [6.45, 7) is 4.03. The minimum Gasteiger partial charge on any atom is -0.462 e. The van der Waals surface area contributed by atoms with Crippen molar-refractivity contribution in [3.8, 4) is 0 Å². The van der Waals surface area contributed by atoms with Gasteiger partial charge in [0.05, 0.1) is 28.9 Å². The molecule has 0 spiro atoms. The number of benzene rings is 1. The number of nitrogens with one attached hydrogen (secondary N) is 1. The summed E-state index contributed by atoms with van der Waals surface area (Å²) in [5, 5.41) is 3.03. The van der Waals surface area contributed by atoms with E-state index in [0.29, 0.717) is 17.1 Å². The van der Waals surface area contributed by atoms with Crippen molar-refractivity contribution in [1.29, 1.82) is 0 Å². The minimum absolute atomic E-state index is 0.121. The first-order chi connectivity index (χ1) is 11.1. The van der Waals surface area contributed by atoms with Gasteiger partial charge in [-0.2, -0.15) is 0 Å². The molecule has 0 fully saturated rings. The van der Waals surface area contributed by atoms with Crippen molar-refractivity contribution in [2.24, 2.45) is 4.99 Å². The molecule has 0 aliphatic heterocycles. The monoisotopic (exact) mass is 331 g/mol. The standard InChI is InChI=1S/C17H18ClN3O2/c1-12(2)23-17(20-11-13-7-5-6-10-19-13)21-16(22)14-8-3-4-9-15(14)18/h3-10,12H,11H2,1-2H3,(H,20,21,22). The van der Waals surface area contributed by atoms with Crippen LogP contribution in [0.2, 0.25) is 5.02 Å². The fourth-order valence-electron chi connectivity index (χ4n) is 1.78. The summed E-state index contributed by atoms with van der Waals surface area (Å²) >= 11 is 6.03. The highest BCUT2D eigenvalue weighted by atomic mass is 35.5. The Labute approximate surface area is 140 Å². The van der Waals surface area contributed by atoms with Gasteiger partial charge in [-0.05, 0) is 38.1 Å². The van der Waals surface area contributed by atoms with Gasteiger partial charge in [-0.15, -0.1) is 0 Å². The Morgan fingerprint density at radius 2 is 2.00 bits per heavy atom. The summed E-state index contributed by atoms with van der Waals surface area (Å²) < 4.78 is 5.55. The first-order valence-corrected chi connectivity index (χ1v) is 7.61. The lowest BCUT2D eigenvalue weighted by atomic mass is 10.2. The molecule has 1 aromatic heterocycles. The Morgan fingerprint density at radius 3 is 2.65 bits per heavy atom. The van der Waals surface area contributed by atoms with E-state index < -0.39 is 0 Å². The number of amidine groups is 1. The summed E-state index contributed by atoms with van der Waals surface area (Å²) in [4.78, 5) is 20.8. The van der Waals surface area contributed by atoms with Crippen LogP contribution in [-0.4, -0.2) is 23.0 Å². The molecule has 1 N–H and O–H groups in total. The largest absolute Gasteiger partial charge is 0.462 e. The zero-order valence-corrected chi connectivity index (χ0v) is 13.7. The van der Waals surface area contributed by atoms with E-state index in [1.807, 2.05) is 32.0 Å². The van der Waals surface area contributed by atoms with Gasteiger partial charge in [0, 0.05) is 6.20 Å². The number of aliphatic imine (C=N–C) groups is 1. The van der Waals surface area contributed by atoms with E-state index in [2.05, 4.69) is 15.3 Å². The third kappa shape index (κ3) is 5.38. The van der Waals surface area contributed by atoms with Gasteiger partial charge in [0.25, 0.3) is 11.9 Å². The molecule has 0 saturated carbocycles. The smallest absolute Gasteiger partial charge is 0.292 e. The Bertz CT molecular complexity index is 687. The van der Waals surface area contributed by atoms with Gasteiger partial charge in [-0.25, -0.2) is 4.99 Å². The molecule has 1 amide bonds. The lowest BCUT2D eigenvalue weighted by molar-refractivity contribution is 0.0960. The summed E-state index contributed by atoms with van der Waals surface area (Å²) in [6, 6.07) is 12.5. The normalized spacial score (nSPS) is 11.4. The van der Waals surface area contributed by atoms with Gasteiger partial charge < -0.3 is 4.74 Å². The zero-order chi connectivity index (χ0) is 16.7. The molecule has 0 aliphatic carbocycles. The molecule has 0 aliphatic rings. The molecule has 2 aromatic rings. The van der Waals surface area contributed by atoms with Crippen LogP contribution in [-0.2, 0) is 11.3 Å². The zero-order valence-electron chi connectivity index (χ0n) is 13.0. The minimum atomic E-state index is -0.365. The fourth-order valence-corrected chi connectivity index (χ4v) is 2.01. The number of aromatic nitrogens is 1. The number of amides is 1. The van der Waals surface area contributed by atoms with E-state index in [4.69, 9.17) is 16.3 Å². The average Bonchev–Trinajstić information content (AvgIpc) is 2.53. The molecule has 6 heteroatoms. The van der Waals surface area contributed by atoms with Gasteiger partial charge >= 0.3 is 0 Å². The van der Waals surface area contributed by atoms with E-state index in [9.17, 15) is 4.79 Å². The van der Waals surface area contributed by atoms with Gasteiger partial charge in [0.15, 0.2) is 0 Å². The highest BCUT2D eigenvalue weighted by Gasteiger charge is 2.13. The third-order valence-electron chi connectivity index (χ3n) is 2.80. The molecule has 0 unspecified atom stereocenters. The highest BCUT2D eigenvalue weighted by Crippen LogP contribution is 2.14. The SMILES string of the molecule is CC(C)OC(=NCc1ccccn1)NC(=O)c1ccccc1Cl. The lowest BCUT2D eigenvalue weighted by Crippen LogP contribution is -2.34. The first-order valence-electron chi connectivity index (χ1n) is 7.23. The summed E-state index contributed by atoms with van der Waals surface area (Å²) in [7, 11) is 0. The van der Waals surface area contributed by atoms with Crippen molar-refractivity contribution in [3.63, 3.8) is 0 Å². The fraction of sp³-hybridized carbons (Fsp3) is 0.235. The van der Waals surface area contributed by atoms with E-state index in [-0.39, 0.29) is 18.0 Å². The Balaban J connectivity index is 2.12. The third-order valence-corrected chi connectivity index (χ3v) is 3.13. The number of rotatable bonds is 4. The Hall–Kier alpha value is -2.40. The van der Waals surface area contributed by atoms with Crippen molar-refractivity contribution in [2.75, 3.05) is 0 Å². The van der Waals surface area contributed by atoms with Crippen LogP contribution < -0.4 is 5.32 Å². The van der Waals surface area contributed by atoms with Gasteiger partial charge in [-0.3, -0.25) is 15.1 Å². The van der Waals surface area contributed by atoms with E-state index >= 15 is 0 Å². The lowest BCUT2D eigenvalue weighted by Gasteiger charge is -2.13. The molecule has 1 aromatic carbocycles. The van der Waals surface area contributed by atoms with Crippen LogP contribution in [0.5, 0.6) is 0 Å². The van der Waals surface area contributed by atoms with Crippen LogP contribution in [0.4, 0.5) is 0 Å². The molecule has 120 valence electrons. The molecular weight excluding hydrogens is 314 g/mol. The predicted molar refractivity (Wildman–Crippen MR) is 90.5 cm³/mol. The van der Waals surface area contributed by atoms with Crippen LogP contribution in [0.25, 0.3) is 0 Å². The van der Waals surface area contributed by atoms with Crippen molar-refractivity contribution in [2.45, 2.75) is 26.5 Å². The number of hydrogen-bond donors (Lipinski definition) is 1.